The van der Waals surface area contributed by atoms with Gasteiger partial charge in [-0.15, -0.1) is 0 Å². The van der Waals surface area contributed by atoms with Gasteiger partial charge in [0.1, 0.15) is 5.69 Å². The molecule has 0 atom stereocenters. The third-order valence-electron chi connectivity index (χ3n) is 3.96. The number of nitro groups is 2. The molecule has 0 fully saturated rings. The summed E-state index contributed by atoms with van der Waals surface area (Å²) in [7, 11) is 2.64. The first-order valence-electron chi connectivity index (χ1n) is 9.67. The first-order valence-corrected chi connectivity index (χ1v) is 10.4. The Labute approximate surface area is 224 Å². The number of rotatable bonds is 5. The van der Waals surface area contributed by atoms with Gasteiger partial charge in [-0.3, -0.25) is 29.7 Å². The predicted octanol–water partition coefficient (Wildman–Crippen LogP) is 2.11. The van der Waals surface area contributed by atoms with E-state index in [0.717, 1.165) is 22.9 Å². The van der Waals surface area contributed by atoms with Gasteiger partial charge in [-0.1, -0.05) is 29.3 Å². The standard InChI is InChI=1S/C7H7ClO2.C6H7ClN2O2.C6H5N3O5.CH3NO/c1-10-7(9)5-2-3-6(8)4-5;1-11-6(10)5-2-4(7)3-9(5)8;7-14-6-2-1-4(8(10)11)3-5(6)9(12)13;2-1-3/h3-4H,2H2,1H3;2-3H,8H2,1H3;1-3H,7H2;1H,(H2,2,3). The van der Waals surface area contributed by atoms with E-state index in [0.29, 0.717) is 22.0 Å². The van der Waals surface area contributed by atoms with Gasteiger partial charge in [0.2, 0.25) is 12.2 Å². The fourth-order valence-electron chi connectivity index (χ4n) is 2.34. The van der Waals surface area contributed by atoms with E-state index in [1.165, 1.54) is 26.5 Å². The molecule has 18 heteroatoms. The van der Waals surface area contributed by atoms with Crippen molar-refractivity contribution >= 4 is 52.9 Å². The van der Waals surface area contributed by atoms with Gasteiger partial charge in [-0.2, -0.15) is 5.90 Å². The molecule has 3 rings (SSSR count). The average molecular weight is 577 g/mol. The van der Waals surface area contributed by atoms with Crippen molar-refractivity contribution in [2.24, 2.45) is 11.6 Å². The first-order chi connectivity index (χ1) is 17.9. The maximum atomic E-state index is 10.9. The van der Waals surface area contributed by atoms with E-state index in [4.69, 9.17) is 39.7 Å². The van der Waals surface area contributed by atoms with Crippen LogP contribution in [0.15, 0.2) is 53.2 Å². The Morgan fingerprint density at radius 2 is 1.66 bits per heavy atom. The summed E-state index contributed by atoms with van der Waals surface area (Å²) in [6.07, 6.45) is 5.65. The summed E-state index contributed by atoms with van der Waals surface area (Å²) in [4.78, 5) is 53.5. The van der Waals surface area contributed by atoms with Crippen molar-refractivity contribution in [1.82, 2.24) is 4.68 Å². The number of carbonyl (C=O) groups excluding carboxylic acids is 3. The van der Waals surface area contributed by atoms with Gasteiger partial charge in [0.15, 0.2) is 0 Å². The fraction of sp³-hybridized carbons (Fsp3) is 0.150. The average Bonchev–Trinajstić information content (AvgIpc) is 3.47. The molecule has 0 saturated carbocycles. The van der Waals surface area contributed by atoms with Gasteiger partial charge in [-0.25, -0.2) is 9.59 Å². The van der Waals surface area contributed by atoms with Crippen LogP contribution in [0.1, 0.15) is 16.9 Å². The number of benzene rings is 1. The quantitative estimate of drug-likeness (QED) is 0.152. The van der Waals surface area contributed by atoms with E-state index in [2.05, 4.69) is 20.0 Å². The molecule has 1 aliphatic carbocycles. The molecule has 206 valence electrons. The van der Waals surface area contributed by atoms with E-state index < -0.39 is 27.2 Å². The Hall–Kier alpha value is -4.67. The van der Waals surface area contributed by atoms with Gasteiger partial charge in [0.05, 0.1) is 35.2 Å². The highest BCUT2D eigenvalue weighted by atomic mass is 35.5. The van der Waals surface area contributed by atoms with Crippen molar-refractivity contribution in [1.29, 1.82) is 0 Å². The van der Waals surface area contributed by atoms with Crippen LogP contribution in [0.4, 0.5) is 11.4 Å². The minimum Gasteiger partial charge on any atom is -0.466 e. The van der Waals surface area contributed by atoms with Crippen LogP contribution in [0, 0.1) is 20.2 Å². The Morgan fingerprint density at radius 1 is 1.08 bits per heavy atom. The molecule has 0 aliphatic heterocycles. The maximum absolute atomic E-state index is 10.9. The molecule has 6 N–H and O–H groups in total. The lowest BCUT2D eigenvalue weighted by Gasteiger charge is -1.99. The molecule has 1 aromatic heterocycles. The van der Waals surface area contributed by atoms with E-state index >= 15 is 0 Å². The highest BCUT2D eigenvalue weighted by Crippen LogP contribution is 2.29. The van der Waals surface area contributed by atoms with Crippen molar-refractivity contribution in [3.63, 3.8) is 0 Å². The number of esters is 2. The van der Waals surface area contributed by atoms with Crippen LogP contribution < -0.4 is 22.3 Å². The van der Waals surface area contributed by atoms with E-state index in [-0.39, 0.29) is 23.8 Å². The van der Waals surface area contributed by atoms with Crippen molar-refractivity contribution in [3.05, 3.63) is 84.2 Å². The predicted molar refractivity (Wildman–Crippen MR) is 134 cm³/mol. The summed E-state index contributed by atoms with van der Waals surface area (Å²) in [6.45, 7) is 0. The summed E-state index contributed by atoms with van der Waals surface area (Å²) in [6, 6.07) is 4.35. The summed E-state index contributed by atoms with van der Waals surface area (Å²) in [5, 5.41) is 21.7. The van der Waals surface area contributed by atoms with Crippen LogP contribution in [0.3, 0.4) is 0 Å². The molecule has 1 aliphatic rings. The number of carbonyl (C=O) groups is 3. The minimum absolute atomic E-state index is 0.222. The van der Waals surface area contributed by atoms with Crippen molar-refractivity contribution in [2.75, 3.05) is 20.1 Å². The number of nitro benzene ring substituents is 2. The Balaban J connectivity index is 0.000000520. The lowest BCUT2D eigenvalue weighted by atomic mass is 10.2. The normalized spacial score (nSPS) is 10.9. The molecule has 0 spiro atoms. The maximum Gasteiger partial charge on any atom is 0.356 e. The number of aromatic nitrogens is 1. The monoisotopic (exact) mass is 576 g/mol. The number of ether oxygens (including phenoxy) is 2. The molecule has 1 aromatic carbocycles. The Kier molecular flexibility index (Phi) is 14.8. The topological polar surface area (TPSA) is 248 Å². The van der Waals surface area contributed by atoms with Gasteiger partial charge in [-0.05, 0) is 24.6 Å². The number of nitrogens with zero attached hydrogens (tertiary/aromatic N) is 3. The Bertz CT molecular complexity index is 1230. The smallest absolute Gasteiger partial charge is 0.356 e. The van der Waals surface area contributed by atoms with Crippen LogP contribution in [-0.4, -0.2) is 47.1 Å². The Morgan fingerprint density at radius 3 is 2.03 bits per heavy atom. The second-order valence-corrected chi connectivity index (χ2v) is 7.19. The third-order valence-corrected chi connectivity index (χ3v) is 4.43. The number of allylic oxidation sites excluding steroid dienone is 3. The van der Waals surface area contributed by atoms with Crippen molar-refractivity contribution in [3.8, 4) is 5.75 Å². The zero-order valence-corrected chi connectivity index (χ0v) is 21.2. The molecule has 38 heavy (non-hydrogen) atoms. The second kappa shape index (κ2) is 16.9. The number of nitrogen functional groups attached to an aromatic ring is 1. The highest BCUT2D eigenvalue weighted by Gasteiger charge is 2.20. The molecule has 0 radical (unpaired) electrons. The fourth-order valence-corrected chi connectivity index (χ4v) is 2.76. The number of methoxy groups -OCH3 is 2. The summed E-state index contributed by atoms with van der Waals surface area (Å²) in [5.74, 6) is 9.07. The number of nitrogens with two attached hydrogens (primary N) is 3. The highest BCUT2D eigenvalue weighted by molar-refractivity contribution is 6.32. The number of non-ortho nitro benzene ring substituents is 1. The molecule has 2 aromatic rings. The third kappa shape index (κ3) is 10.9. The zero-order chi connectivity index (χ0) is 29.4. The van der Waals surface area contributed by atoms with Crippen LogP contribution in [0.2, 0.25) is 5.02 Å². The molecular weight excluding hydrogens is 555 g/mol. The van der Waals surface area contributed by atoms with Crippen molar-refractivity contribution < 1.29 is 38.5 Å². The zero-order valence-electron chi connectivity index (χ0n) is 19.7. The van der Waals surface area contributed by atoms with Crippen LogP contribution in [0.25, 0.3) is 0 Å². The van der Waals surface area contributed by atoms with Gasteiger partial charge < -0.3 is 25.9 Å². The molecule has 0 unspecified atom stereocenters. The number of hydrogen-bond acceptors (Lipinski definition) is 12. The summed E-state index contributed by atoms with van der Waals surface area (Å²) >= 11 is 11.1. The summed E-state index contributed by atoms with van der Waals surface area (Å²) < 4.78 is 10.0. The SMILES string of the molecule is COC(=O)C1=CC(Cl)=CC1.COC(=O)c1cc(Cl)cn1N.NC=O.NOc1ccc([N+](=O)[O-])cc1[N+](=O)[O-]. The lowest BCUT2D eigenvalue weighted by Crippen LogP contribution is -2.15. The van der Waals surface area contributed by atoms with E-state index in [9.17, 15) is 29.8 Å². The molecule has 1 amide bonds. The van der Waals surface area contributed by atoms with Crippen LogP contribution in [0.5, 0.6) is 5.75 Å². The lowest BCUT2D eigenvalue weighted by molar-refractivity contribution is -0.394. The van der Waals surface area contributed by atoms with Crippen LogP contribution >= 0.6 is 23.2 Å². The minimum atomic E-state index is -0.810. The van der Waals surface area contributed by atoms with Gasteiger partial charge >= 0.3 is 17.6 Å². The second-order valence-electron chi connectivity index (χ2n) is 6.32. The number of primary amides is 1. The van der Waals surface area contributed by atoms with Crippen molar-refractivity contribution in [2.45, 2.75) is 6.42 Å². The number of hydrogen-bond donors (Lipinski definition) is 3. The van der Waals surface area contributed by atoms with Gasteiger partial charge in [0.25, 0.3) is 5.69 Å². The molecular formula is C20H22Cl2N6O10. The molecule has 1 heterocycles. The molecule has 0 saturated heterocycles. The van der Waals surface area contributed by atoms with E-state index in [1.807, 2.05) is 0 Å². The largest absolute Gasteiger partial charge is 0.466 e. The summed E-state index contributed by atoms with van der Waals surface area (Å²) in [5.41, 5.74) is 4.09. The van der Waals surface area contributed by atoms with Crippen LogP contribution in [-0.2, 0) is 19.1 Å². The van der Waals surface area contributed by atoms with E-state index in [1.54, 1.807) is 12.2 Å². The van der Waals surface area contributed by atoms with Gasteiger partial charge in [0, 0.05) is 22.9 Å². The first kappa shape index (κ1) is 33.3. The number of amides is 1. The number of halogens is 2. The molecule has 0 bridgehead atoms. The molecule has 16 nitrogen and oxygen atoms in total.